The Hall–Kier alpha value is -1.59. The SMILES string of the molecule is CC1(C)CN(C(=O)CN2Cc3ccccc3C2=O)CCC1N.Cl. The van der Waals surface area contributed by atoms with E-state index in [1.807, 2.05) is 29.2 Å². The number of likely N-dealkylation sites (tertiary alicyclic amines) is 1. The molecule has 2 heterocycles. The number of amides is 2. The summed E-state index contributed by atoms with van der Waals surface area (Å²) in [5.74, 6) is -0.0296. The normalized spacial score (nSPS) is 22.6. The lowest BCUT2D eigenvalue weighted by molar-refractivity contribution is -0.135. The lowest BCUT2D eigenvalue weighted by Gasteiger charge is -2.43. The zero-order valence-corrected chi connectivity index (χ0v) is 14.4. The Morgan fingerprint density at radius 2 is 2.04 bits per heavy atom. The summed E-state index contributed by atoms with van der Waals surface area (Å²) in [7, 11) is 0. The lowest BCUT2D eigenvalue weighted by Crippen LogP contribution is -2.55. The van der Waals surface area contributed by atoms with Gasteiger partial charge in [0.2, 0.25) is 5.91 Å². The Labute approximate surface area is 143 Å². The van der Waals surface area contributed by atoms with E-state index in [4.69, 9.17) is 5.73 Å². The topological polar surface area (TPSA) is 66.6 Å². The lowest BCUT2D eigenvalue weighted by atomic mass is 9.79. The smallest absolute Gasteiger partial charge is 0.254 e. The van der Waals surface area contributed by atoms with E-state index in [1.165, 1.54) is 0 Å². The van der Waals surface area contributed by atoms with Crippen molar-refractivity contribution in [2.45, 2.75) is 32.9 Å². The quantitative estimate of drug-likeness (QED) is 0.892. The summed E-state index contributed by atoms with van der Waals surface area (Å²) >= 11 is 0. The molecule has 1 fully saturated rings. The van der Waals surface area contributed by atoms with Crippen molar-refractivity contribution < 1.29 is 9.59 Å². The van der Waals surface area contributed by atoms with Gasteiger partial charge >= 0.3 is 0 Å². The molecule has 0 spiro atoms. The third-order valence-electron chi connectivity index (χ3n) is 4.89. The summed E-state index contributed by atoms with van der Waals surface area (Å²) in [6.07, 6.45) is 0.812. The molecule has 3 rings (SSSR count). The first-order valence-electron chi connectivity index (χ1n) is 7.79. The van der Waals surface area contributed by atoms with E-state index in [-0.39, 0.29) is 42.2 Å². The number of nitrogens with zero attached hydrogens (tertiary/aromatic N) is 2. The van der Waals surface area contributed by atoms with Crippen molar-refractivity contribution in [2.24, 2.45) is 11.1 Å². The summed E-state index contributed by atoms with van der Waals surface area (Å²) < 4.78 is 0. The highest BCUT2D eigenvalue weighted by Gasteiger charge is 2.36. The maximum Gasteiger partial charge on any atom is 0.254 e. The minimum atomic E-state index is -0.0775. The van der Waals surface area contributed by atoms with Crippen LogP contribution in [0.3, 0.4) is 0 Å². The molecule has 0 bridgehead atoms. The highest BCUT2D eigenvalue weighted by molar-refractivity contribution is 6.00. The second-order valence-corrected chi connectivity index (χ2v) is 7.02. The molecule has 1 saturated heterocycles. The van der Waals surface area contributed by atoms with E-state index in [2.05, 4.69) is 13.8 Å². The van der Waals surface area contributed by atoms with Gasteiger partial charge in [0.15, 0.2) is 0 Å². The number of halogens is 1. The van der Waals surface area contributed by atoms with Crippen LogP contribution in [0.15, 0.2) is 24.3 Å². The fraction of sp³-hybridized carbons (Fsp3) is 0.529. The van der Waals surface area contributed by atoms with Crippen LogP contribution in [0, 0.1) is 5.41 Å². The first-order chi connectivity index (χ1) is 10.4. The van der Waals surface area contributed by atoms with E-state index in [9.17, 15) is 9.59 Å². The fourth-order valence-corrected chi connectivity index (χ4v) is 3.29. The van der Waals surface area contributed by atoms with Gasteiger partial charge in [0, 0.05) is 31.2 Å². The average Bonchev–Trinajstić information content (AvgIpc) is 2.79. The van der Waals surface area contributed by atoms with Crippen LogP contribution in [-0.2, 0) is 11.3 Å². The van der Waals surface area contributed by atoms with Gasteiger partial charge in [0.1, 0.15) is 6.54 Å². The van der Waals surface area contributed by atoms with Crippen molar-refractivity contribution in [1.29, 1.82) is 0 Å². The van der Waals surface area contributed by atoms with Gasteiger partial charge in [-0.05, 0) is 23.5 Å². The molecule has 2 aliphatic heterocycles. The molecule has 1 aromatic rings. The van der Waals surface area contributed by atoms with Crippen LogP contribution >= 0.6 is 12.4 Å². The van der Waals surface area contributed by atoms with Crippen molar-refractivity contribution in [3.05, 3.63) is 35.4 Å². The monoisotopic (exact) mass is 337 g/mol. The molecule has 2 amide bonds. The molecule has 1 atom stereocenters. The van der Waals surface area contributed by atoms with E-state index < -0.39 is 0 Å². The number of hydrogen-bond donors (Lipinski definition) is 1. The maximum absolute atomic E-state index is 12.5. The third kappa shape index (κ3) is 3.35. The Morgan fingerprint density at radius 3 is 2.70 bits per heavy atom. The molecule has 2 N–H and O–H groups in total. The zero-order valence-electron chi connectivity index (χ0n) is 13.6. The molecule has 1 unspecified atom stereocenters. The molecule has 2 aliphatic rings. The highest BCUT2D eigenvalue weighted by Crippen LogP contribution is 2.28. The maximum atomic E-state index is 12.5. The predicted molar refractivity (Wildman–Crippen MR) is 91.4 cm³/mol. The zero-order chi connectivity index (χ0) is 15.9. The molecule has 0 saturated carbocycles. The molecule has 23 heavy (non-hydrogen) atoms. The van der Waals surface area contributed by atoms with E-state index >= 15 is 0 Å². The molecular weight excluding hydrogens is 314 g/mol. The van der Waals surface area contributed by atoms with E-state index in [0.717, 1.165) is 17.5 Å². The van der Waals surface area contributed by atoms with Crippen LogP contribution in [-0.4, -0.2) is 47.3 Å². The second kappa shape index (κ2) is 6.49. The molecule has 0 aromatic heterocycles. The summed E-state index contributed by atoms with van der Waals surface area (Å²) in [5, 5.41) is 0. The van der Waals surface area contributed by atoms with Crippen LogP contribution in [0.1, 0.15) is 36.2 Å². The van der Waals surface area contributed by atoms with Crippen molar-refractivity contribution in [3.8, 4) is 0 Å². The van der Waals surface area contributed by atoms with Gasteiger partial charge in [-0.25, -0.2) is 0 Å². The molecule has 1 aromatic carbocycles. The van der Waals surface area contributed by atoms with Gasteiger partial charge in [-0.1, -0.05) is 32.0 Å². The third-order valence-corrected chi connectivity index (χ3v) is 4.89. The van der Waals surface area contributed by atoms with Crippen molar-refractivity contribution in [2.75, 3.05) is 19.6 Å². The number of rotatable bonds is 2. The number of fused-ring (bicyclic) bond motifs is 1. The molecule has 6 heteroatoms. The number of carbonyl (C=O) groups is 2. The molecule has 0 radical (unpaired) electrons. The number of nitrogens with two attached hydrogens (primary N) is 1. The molecule has 0 aliphatic carbocycles. The van der Waals surface area contributed by atoms with Crippen LogP contribution in [0.25, 0.3) is 0 Å². The standard InChI is InChI=1S/C17H23N3O2.ClH/c1-17(2)11-19(8-7-14(17)18)15(21)10-20-9-12-5-3-4-6-13(12)16(20)22;/h3-6,14H,7-11,18H2,1-2H3;1H. The summed E-state index contributed by atoms with van der Waals surface area (Å²) in [6, 6.07) is 7.67. The van der Waals surface area contributed by atoms with Crippen LogP contribution in [0.5, 0.6) is 0 Å². The van der Waals surface area contributed by atoms with Gasteiger partial charge in [0.25, 0.3) is 5.91 Å². The van der Waals surface area contributed by atoms with E-state index in [1.54, 1.807) is 4.90 Å². The van der Waals surface area contributed by atoms with Gasteiger partial charge in [0.05, 0.1) is 0 Å². The average molecular weight is 338 g/mol. The Kier molecular flexibility index (Phi) is 5.01. The predicted octanol–water partition coefficient (Wildman–Crippen LogP) is 1.65. The number of benzene rings is 1. The van der Waals surface area contributed by atoms with Crippen molar-refractivity contribution >= 4 is 24.2 Å². The number of piperidine rings is 1. The minimum Gasteiger partial charge on any atom is -0.341 e. The fourth-order valence-electron chi connectivity index (χ4n) is 3.29. The summed E-state index contributed by atoms with van der Waals surface area (Å²) in [5.41, 5.74) is 7.76. The largest absolute Gasteiger partial charge is 0.341 e. The minimum absolute atomic E-state index is 0. The highest BCUT2D eigenvalue weighted by atomic mass is 35.5. The van der Waals surface area contributed by atoms with Gasteiger partial charge in [-0.2, -0.15) is 0 Å². The van der Waals surface area contributed by atoms with Gasteiger partial charge in [-0.3, -0.25) is 9.59 Å². The molecule has 126 valence electrons. The van der Waals surface area contributed by atoms with Gasteiger partial charge in [-0.15, -0.1) is 12.4 Å². The van der Waals surface area contributed by atoms with Crippen molar-refractivity contribution in [1.82, 2.24) is 9.80 Å². The molecular formula is C17H24ClN3O2. The first-order valence-corrected chi connectivity index (χ1v) is 7.79. The van der Waals surface area contributed by atoms with Crippen LogP contribution in [0.2, 0.25) is 0 Å². The van der Waals surface area contributed by atoms with Crippen molar-refractivity contribution in [3.63, 3.8) is 0 Å². The Balaban J connectivity index is 0.00000192. The molecule has 5 nitrogen and oxygen atoms in total. The van der Waals surface area contributed by atoms with Crippen LogP contribution in [0.4, 0.5) is 0 Å². The Morgan fingerprint density at radius 1 is 1.35 bits per heavy atom. The second-order valence-electron chi connectivity index (χ2n) is 7.02. The summed E-state index contributed by atoms with van der Waals surface area (Å²) in [4.78, 5) is 28.3. The number of hydrogen-bond acceptors (Lipinski definition) is 3. The van der Waals surface area contributed by atoms with Crippen LogP contribution < -0.4 is 5.73 Å². The summed E-state index contributed by atoms with van der Waals surface area (Å²) in [6.45, 7) is 6.19. The van der Waals surface area contributed by atoms with Gasteiger partial charge < -0.3 is 15.5 Å². The first kappa shape index (κ1) is 17.8. The number of carbonyl (C=O) groups excluding carboxylic acids is 2. The van der Waals surface area contributed by atoms with E-state index in [0.29, 0.717) is 19.6 Å². The Bertz CT molecular complexity index is 618.